The number of nitrogens with zero attached hydrogens (tertiary/aromatic N) is 2. The predicted octanol–water partition coefficient (Wildman–Crippen LogP) is 3.54. The van der Waals surface area contributed by atoms with Gasteiger partial charge < -0.3 is 10.6 Å². The number of hydrogen-bond donors (Lipinski definition) is 2. The van der Waals surface area contributed by atoms with Gasteiger partial charge in [0.15, 0.2) is 0 Å². The number of carbonyl (C=O) groups is 2. The van der Waals surface area contributed by atoms with Crippen LogP contribution in [0.2, 0.25) is 0 Å². The minimum Gasteiger partial charge on any atom is -0.347 e. The zero-order valence-corrected chi connectivity index (χ0v) is 17.5. The Morgan fingerprint density at radius 3 is 2.23 bits per heavy atom. The molecule has 6 nitrogen and oxygen atoms in total. The fourth-order valence-corrected chi connectivity index (χ4v) is 3.36. The fourth-order valence-electron chi connectivity index (χ4n) is 3.36. The molecule has 0 aliphatic heterocycles. The van der Waals surface area contributed by atoms with Crippen LogP contribution in [0.5, 0.6) is 0 Å². The summed E-state index contributed by atoms with van der Waals surface area (Å²) in [5.74, 6) is -0.869. The van der Waals surface area contributed by atoms with Crippen molar-refractivity contribution < 1.29 is 14.0 Å². The summed E-state index contributed by atoms with van der Waals surface area (Å²) >= 11 is 0. The van der Waals surface area contributed by atoms with Gasteiger partial charge in [-0.2, -0.15) is 5.10 Å². The van der Waals surface area contributed by atoms with Crippen LogP contribution in [0.3, 0.4) is 0 Å². The Bertz CT molecular complexity index is 1070. The number of aromatic nitrogens is 2. The van der Waals surface area contributed by atoms with E-state index in [4.69, 9.17) is 0 Å². The molecule has 2 aromatic carbocycles. The van der Waals surface area contributed by atoms with Gasteiger partial charge in [0, 0.05) is 16.9 Å². The van der Waals surface area contributed by atoms with Crippen molar-refractivity contribution in [3.8, 4) is 5.69 Å². The first-order valence-corrected chi connectivity index (χ1v) is 9.70. The van der Waals surface area contributed by atoms with E-state index in [1.807, 2.05) is 45.9 Å². The summed E-state index contributed by atoms with van der Waals surface area (Å²) in [6.45, 7) is 7.41. The molecule has 2 amide bonds. The molecule has 0 fully saturated rings. The number of anilines is 1. The van der Waals surface area contributed by atoms with E-state index in [-0.39, 0.29) is 30.6 Å². The SMILES string of the molecule is Cc1cccc(C)c1NC(=O)CNC(=O)Cc1c(C)nn(-c2ccc(F)cc2)c1C. The molecule has 0 aliphatic rings. The summed E-state index contributed by atoms with van der Waals surface area (Å²) in [4.78, 5) is 24.7. The van der Waals surface area contributed by atoms with Crippen LogP contribution >= 0.6 is 0 Å². The molecule has 0 bridgehead atoms. The molecule has 0 saturated carbocycles. The average Bonchev–Trinajstić information content (AvgIpc) is 2.98. The van der Waals surface area contributed by atoms with E-state index in [9.17, 15) is 14.0 Å². The number of aryl methyl sites for hydroxylation is 3. The Hall–Kier alpha value is -3.48. The van der Waals surface area contributed by atoms with Gasteiger partial charge >= 0.3 is 0 Å². The first-order valence-electron chi connectivity index (χ1n) is 9.70. The van der Waals surface area contributed by atoms with E-state index < -0.39 is 0 Å². The number of nitrogens with one attached hydrogen (secondary N) is 2. The lowest BCUT2D eigenvalue weighted by molar-refractivity contribution is -0.123. The lowest BCUT2D eigenvalue weighted by atomic mass is 10.1. The summed E-state index contributed by atoms with van der Waals surface area (Å²) in [7, 11) is 0. The smallest absolute Gasteiger partial charge is 0.243 e. The average molecular weight is 408 g/mol. The van der Waals surface area contributed by atoms with Crippen molar-refractivity contribution in [2.24, 2.45) is 0 Å². The number of amides is 2. The third-order valence-electron chi connectivity index (χ3n) is 5.04. The van der Waals surface area contributed by atoms with Crippen molar-refractivity contribution in [1.82, 2.24) is 15.1 Å². The van der Waals surface area contributed by atoms with Crippen LogP contribution < -0.4 is 10.6 Å². The molecule has 0 aliphatic carbocycles. The number of carbonyl (C=O) groups excluding carboxylic acids is 2. The molecular formula is C23H25FN4O2. The molecule has 156 valence electrons. The quantitative estimate of drug-likeness (QED) is 0.655. The van der Waals surface area contributed by atoms with Crippen LogP contribution in [-0.2, 0) is 16.0 Å². The predicted molar refractivity (Wildman–Crippen MR) is 114 cm³/mol. The monoisotopic (exact) mass is 408 g/mol. The molecule has 1 aromatic heterocycles. The van der Waals surface area contributed by atoms with Gasteiger partial charge in [0.1, 0.15) is 5.82 Å². The Labute approximate surface area is 175 Å². The molecule has 30 heavy (non-hydrogen) atoms. The molecule has 1 heterocycles. The Morgan fingerprint density at radius 1 is 0.967 bits per heavy atom. The third-order valence-corrected chi connectivity index (χ3v) is 5.04. The topological polar surface area (TPSA) is 76.0 Å². The Balaban J connectivity index is 1.62. The summed E-state index contributed by atoms with van der Waals surface area (Å²) in [5.41, 5.74) is 5.72. The molecule has 0 atom stereocenters. The largest absolute Gasteiger partial charge is 0.347 e. The maximum absolute atomic E-state index is 13.2. The second-order valence-electron chi connectivity index (χ2n) is 7.31. The molecule has 3 rings (SSSR count). The molecule has 0 unspecified atom stereocenters. The molecule has 7 heteroatoms. The van der Waals surface area contributed by atoms with Crippen LogP contribution in [-0.4, -0.2) is 28.1 Å². The standard InChI is InChI=1S/C23H25FN4O2/c1-14-6-5-7-15(2)23(14)26-22(30)13-25-21(29)12-20-16(3)27-28(17(20)4)19-10-8-18(24)9-11-19/h5-11H,12-13H2,1-4H3,(H,25,29)(H,26,30). The van der Waals surface area contributed by atoms with E-state index in [1.54, 1.807) is 16.8 Å². The van der Waals surface area contributed by atoms with Gasteiger partial charge in [-0.25, -0.2) is 9.07 Å². The lowest BCUT2D eigenvalue weighted by Crippen LogP contribution is -2.34. The Kier molecular flexibility index (Phi) is 6.30. The van der Waals surface area contributed by atoms with Gasteiger partial charge in [0.2, 0.25) is 11.8 Å². The zero-order valence-electron chi connectivity index (χ0n) is 17.5. The second kappa shape index (κ2) is 8.90. The maximum Gasteiger partial charge on any atom is 0.243 e. The lowest BCUT2D eigenvalue weighted by Gasteiger charge is -2.12. The number of benzene rings is 2. The van der Waals surface area contributed by atoms with E-state index in [2.05, 4.69) is 15.7 Å². The van der Waals surface area contributed by atoms with E-state index in [1.165, 1.54) is 12.1 Å². The highest BCUT2D eigenvalue weighted by molar-refractivity contribution is 5.96. The van der Waals surface area contributed by atoms with Crippen LogP contribution in [0.1, 0.15) is 28.1 Å². The summed E-state index contributed by atoms with van der Waals surface area (Å²) < 4.78 is 14.9. The number of hydrogen-bond acceptors (Lipinski definition) is 3. The molecule has 3 aromatic rings. The van der Waals surface area contributed by atoms with Crippen molar-refractivity contribution in [3.05, 3.63) is 76.4 Å². The summed E-state index contributed by atoms with van der Waals surface area (Å²) in [5, 5.41) is 9.98. The minimum atomic E-state index is -0.320. The van der Waals surface area contributed by atoms with E-state index >= 15 is 0 Å². The van der Waals surface area contributed by atoms with Gasteiger partial charge in [-0.15, -0.1) is 0 Å². The van der Waals surface area contributed by atoms with Crippen molar-refractivity contribution in [1.29, 1.82) is 0 Å². The molecule has 0 saturated heterocycles. The normalized spacial score (nSPS) is 10.7. The molecule has 0 radical (unpaired) electrons. The van der Waals surface area contributed by atoms with Gasteiger partial charge in [0.25, 0.3) is 0 Å². The first kappa shape index (κ1) is 21.2. The van der Waals surface area contributed by atoms with E-state index in [0.29, 0.717) is 5.69 Å². The number of rotatable bonds is 6. The molecular weight excluding hydrogens is 383 g/mol. The highest BCUT2D eigenvalue weighted by atomic mass is 19.1. The van der Waals surface area contributed by atoms with Crippen LogP contribution in [0, 0.1) is 33.5 Å². The first-order chi connectivity index (χ1) is 14.3. The molecule has 2 N–H and O–H groups in total. The number of halogens is 1. The van der Waals surface area contributed by atoms with E-state index in [0.717, 1.165) is 33.8 Å². The summed E-state index contributed by atoms with van der Waals surface area (Å²) in [6.07, 6.45) is 0.107. The zero-order chi connectivity index (χ0) is 21.8. The van der Waals surface area contributed by atoms with Gasteiger partial charge in [0.05, 0.1) is 24.3 Å². The summed E-state index contributed by atoms with van der Waals surface area (Å²) in [6, 6.07) is 11.8. The highest BCUT2D eigenvalue weighted by Crippen LogP contribution is 2.20. The number of para-hydroxylation sites is 1. The van der Waals surface area contributed by atoms with Gasteiger partial charge in [-0.1, -0.05) is 18.2 Å². The molecule has 0 spiro atoms. The minimum absolute atomic E-state index is 0.107. The Morgan fingerprint density at radius 2 is 1.60 bits per heavy atom. The highest BCUT2D eigenvalue weighted by Gasteiger charge is 2.17. The van der Waals surface area contributed by atoms with Crippen molar-refractivity contribution >= 4 is 17.5 Å². The third kappa shape index (κ3) is 4.74. The van der Waals surface area contributed by atoms with Crippen molar-refractivity contribution in [2.75, 3.05) is 11.9 Å². The van der Waals surface area contributed by atoms with Crippen molar-refractivity contribution in [2.45, 2.75) is 34.1 Å². The van der Waals surface area contributed by atoms with Crippen LogP contribution in [0.25, 0.3) is 5.69 Å². The van der Waals surface area contributed by atoms with Crippen molar-refractivity contribution in [3.63, 3.8) is 0 Å². The fraction of sp³-hybridized carbons (Fsp3) is 0.261. The van der Waals surface area contributed by atoms with Crippen LogP contribution in [0.15, 0.2) is 42.5 Å². The van der Waals surface area contributed by atoms with Crippen LogP contribution in [0.4, 0.5) is 10.1 Å². The van der Waals surface area contributed by atoms with Gasteiger partial charge in [-0.05, 0) is 63.1 Å². The maximum atomic E-state index is 13.2. The second-order valence-corrected chi connectivity index (χ2v) is 7.31. The van der Waals surface area contributed by atoms with Gasteiger partial charge in [-0.3, -0.25) is 9.59 Å².